The first-order valence-corrected chi connectivity index (χ1v) is 8.08. The molecule has 0 aliphatic heterocycles. The topological polar surface area (TPSA) is 41.8 Å². The fourth-order valence-electron chi connectivity index (χ4n) is 3.23. The number of hydrogen-bond acceptors (Lipinski definition) is 1. The summed E-state index contributed by atoms with van der Waals surface area (Å²) in [5.41, 5.74) is 13.6. The molecule has 3 rings (SSSR count). The van der Waals surface area contributed by atoms with Gasteiger partial charge in [-0.1, -0.05) is 42.5 Å². The molecular weight excluding hydrogens is 268 g/mol. The van der Waals surface area contributed by atoms with Crippen molar-refractivity contribution in [3.8, 4) is 11.3 Å². The van der Waals surface area contributed by atoms with Gasteiger partial charge in [-0.2, -0.15) is 0 Å². The van der Waals surface area contributed by atoms with Crippen molar-refractivity contribution in [2.24, 2.45) is 5.73 Å². The molecule has 3 N–H and O–H groups in total. The summed E-state index contributed by atoms with van der Waals surface area (Å²) < 4.78 is 0. The molecule has 0 aliphatic carbocycles. The zero-order chi connectivity index (χ0) is 15.5. The first kappa shape index (κ1) is 14.9. The van der Waals surface area contributed by atoms with Crippen LogP contribution in [-0.2, 0) is 6.42 Å². The number of aromatic nitrogens is 1. The van der Waals surface area contributed by atoms with Crippen LogP contribution in [0.2, 0.25) is 0 Å². The van der Waals surface area contributed by atoms with Gasteiger partial charge in [-0.15, -0.1) is 0 Å². The first-order valence-electron chi connectivity index (χ1n) is 8.08. The molecule has 0 aliphatic rings. The van der Waals surface area contributed by atoms with Crippen molar-refractivity contribution >= 4 is 10.9 Å². The summed E-state index contributed by atoms with van der Waals surface area (Å²) in [5, 5.41) is 1.40. The first-order chi connectivity index (χ1) is 10.7. The summed E-state index contributed by atoms with van der Waals surface area (Å²) in [6, 6.07) is 15.1. The summed E-state index contributed by atoms with van der Waals surface area (Å²) in [6.45, 7) is 5.15. The van der Waals surface area contributed by atoms with E-state index in [1.54, 1.807) is 0 Å². The van der Waals surface area contributed by atoms with Crippen LogP contribution in [0, 0.1) is 13.8 Å². The Morgan fingerprint density at radius 1 is 0.909 bits per heavy atom. The zero-order valence-electron chi connectivity index (χ0n) is 13.4. The van der Waals surface area contributed by atoms with E-state index < -0.39 is 0 Å². The van der Waals surface area contributed by atoms with E-state index in [0.717, 1.165) is 25.8 Å². The molecule has 0 atom stereocenters. The van der Waals surface area contributed by atoms with Gasteiger partial charge in [0.05, 0.1) is 0 Å². The Balaban J connectivity index is 2.19. The van der Waals surface area contributed by atoms with Crippen LogP contribution in [0.15, 0.2) is 42.5 Å². The SMILES string of the molecule is Cc1ccc(C)c2c(CCCCN)c(-c3ccccc3)[nH]c12. The number of benzene rings is 2. The Hall–Kier alpha value is -2.06. The van der Waals surface area contributed by atoms with E-state index >= 15 is 0 Å². The maximum absolute atomic E-state index is 5.68. The Labute approximate surface area is 132 Å². The molecule has 0 fully saturated rings. The van der Waals surface area contributed by atoms with Crippen LogP contribution in [0.1, 0.15) is 29.5 Å². The number of hydrogen-bond donors (Lipinski definition) is 2. The minimum absolute atomic E-state index is 0.765. The molecule has 3 aromatic rings. The smallest absolute Gasteiger partial charge is 0.0497 e. The molecule has 1 aromatic heterocycles. The lowest BCUT2D eigenvalue weighted by molar-refractivity contribution is 0.748. The van der Waals surface area contributed by atoms with Gasteiger partial charge in [-0.3, -0.25) is 0 Å². The average molecular weight is 292 g/mol. The van der Waals surface area contributed by atoms with Crippen molar-refractivity contribution in [3.63, 3.8) is 0 Å². The average Bonchev–Trinajstić information content (AvgIpc) is 2.93. The van der Waals surface area contributed by atoms with Crippen LogP contribution in [0.25, 0.3) is 22.2 Å². The lowest BCUT2D eigenvalue weighted by atomic mass is 9.97. The van der Waals surface area contributed by atoms with Gasteiger partial charge in [-0.05, 0) is 61.9 Å². The van der Waals surface area contributed by atoms with Crippen molar-refractivity contribution in [2.75, 3.05) is 6.54 Å². The number of nitrogens with one attached hydrogen (secondary N) is 1. The fourth-order valence-corrected chi connectivity index (χ4v) is 3.23. The second-order valence-electron chi connectivity index (χ2n) is 6.04. The van der Waals surface area contributed by atoms with Crippen LogP contribution >= 0.6 is 0 Å². The van der Waals surface area contributed by atoms with Crippen molar-refractivity contribution in [3.05, 3.63) is 59.2 Å². The third-order valence-electron chi connectivity index (χ3n) is 4.42. The van der Waals surface area contributed by atoms with Crippen molar-refractivity contribution in [2.45, 2.75) is 33.1 Å². The number of H-pyrrole nitrogens is 1. The number of rotatable bonds is 5. The van der Waals surface area contributed by atoms with Gasteiger partial charge >= 0.3 is 0 Å². The van der Waals surface area contributed by atoms with Crippen LogP contribution in [0.5, 0.6) is 0 Å². The molecule has 2 nitrogen and oxygen atoms in total. The van der Waals surface area contributed by atoms with Gasteiger partial charge in [0.2, 0.25) is 0 Å². The number of aromatic amines is 1. The van der Waals surface area contributed by atoms with E-state index in [-0.39, 0.29) is 0 Å². The maximum atomic E-state index is 5.68. The summed E-state index contributed by atoms with van der Waals surface area (Å²) in [7, 11) is 0. The van der Waals surface area contributed by atoms with Crippen LogP contribution < -0.4 is 5.73 Å². The van der Waals surface area contributed by atoms with Crippen LogP contribution in [0.4, 0.5) is 0 Å². The zero-order valence-corrected chi connectivity index (χ0v) is 13.4. The molecule has 0 spiro atoms. The Kier molecular flexibility index (Phi) is 4.30. The number of aryl methyl sites for hydroxylation is 3. The number of nitrogens with two attached hydrogens (primary N) is 1. The molecule has 0 radical (unpaired) electrons. The fraction of sp³-hybridized carbons (Fsp3) is 0.300. The molecule has 114 valence electrons. The van der Waals surface area contributed by atoms with Gasteiger partial charge in [0.15, 0.2) is 0 Å². The lowest BCUT2D eigenvalue weighted by Gasteiger charge is -2.06. The lowest BCUT2D eigenvalue weighted by Crippen LogP contribution is -1.99. The largest absolute Gasteiger partial charge is 0.354 e. The highest BCUT2D eigenvalue weighted by Gasteiger charge is 2.15. The summed E-state index contributed by atoms with van der Waals surface area (Å²) in [6.07, 6.45) is 3.29. The molecule has 22 heavy (non-hydrogen) atoms. The van der Waals surface area contributed by atoms with Crippen molar-refractivity contribution in [1.82, 2.24) is 4.98 Å². The maximum Gasteiger partial charge on any atom is 0.0497 e. The van der Waals surface area contributed by atoms with Gasteiger partial charge in [0.1, 0.15) is 0 Å². The minimum Gasteiger partial charge on any atom is -0.354 e. The van der Waals surface area contributed by atoms with E-state index in [4.69, 9.17) is 5.73 Å². The highest BCUT2D eigenvalue weighted by atomic mass is 14.7. The van der Waals surface area contributed by atoms with E-state index in [1.807, 2.05) is 0 Å². The van der Waals surface area contributed by atoms with E-state index in [2.05, 4.69) is 61.3 Å². The van der Waals surface area contributed by atoms with E-state index in [9.17, 15) is 0 Å². The third kappa shape index (κ3) is 2.67. The van der Waals surface area contributed by atoms with Gasteiger partial charge < -0.3 is 10.7 Å². The van der Waals surface area contributed by atoms with Crippen LogP contribution in [0.3, 0.4) is 0 Å². The molecule has 0 unspecified atom stereocenters. The molecule has 2 aromatic carbocycles. The molecule has 0 bridgehead atoms. The number of unbranched alkanes of at least 4 members (excludes halogenated alkanes) is 1. The normalized spacial score (nSPS) is 11.2. The van der Waals surface area contributed by atoms with Gasteiger partial charge in [-0.25, -0.2) is 0 Å². The van der Waals surface area contributed by atoms with E-state index in [0.29, 0.717) is 0 Å². The molecular formula is C20H24N2. The predicted octanol–water partition coefficient (Wildman–Crippen LogP) is 4.73. The monoisotopic (exact) mass is 292 g/mol. The van der Waals surface area contributed by atoms with Crippen LogP contribution in [-0.4, -0.2) is 11.5 Å². The van der Waals surface area contributed by atoms with E-state index in [1.165, 1.54) is 38.9 Å². The summed E-state index contributed by atoms with van der Waals surface area (Å²) >= 11 is 0. The number of fused-ring (bicyclic) bond motifs is 1. The molecule has 1 heterocycles. The minimum atomic E-state index is 0.765. The highest BCUT2D eigenvalue weighted by Crippen LogP contribution is 2.34. The standard InChI is InChI=1S/C20H24N2/c1-14-11-12-15(2)19-18(14)17(10-6-7-13-21)20(22-19)16-8-4-3-5-9-16/h3-5,8-9,11-12,22H,6-7,10,13,21H2,1-2H3. The Bertz CT molecular complexity index is 769. The quantitative estimate of drug-likeness (QED) is 0.656. The van der Waals surface area contributed by atoms with Crippen molar-refractivity contribution in [1.29, 1.82) is 0 Å². The second kappa shape index (κ2) is 6.37. The predicted molar refractivity (Wildman–Crippen MR) is 95.2 cm³/mol. The summed E-state index contributed by atoms with van der Waals surface area (Å²) in [4.78, 5) is 3.69. The Morgan fingerprint density at radius 3 is 2.36 bits per heavy atom. The van der Waals surface area contributed by atoms with Gasteiger partial charge in [0.25, 0.3) is 0 Å². The highest BCUT2D eigenvalue weighted by molar-refractivity contribution is 5.95. The van der Waals surface area contributed by atoms with Gasteiger partial charge in [0, 0.05) is 16.6 Å². The molecule has 0 saturated carbocycles. The summed E-state index contributed by atoms with van der Waals surface area (Å²) in [5.74, 6) is 0. The molecule has 2 heteroatoms. The Morgan fingerprint density at radius 2 is 1.64 bits per heavy atom. The second-order valence-corrected chi connectivity index (χ2v) is 6.04. The van der Waals surface area contributed by atoms with Crippen molar-refractivity contribution < 1.29 is 0 Å². The third-order valence-corrected chi connectivity index (χ3v) is 4.42. The molecule has 0 amide bonds. The molecule has 0 saturated heterocycles.